The Labute approximate surface area is 191 Å². The number of anilines is 2. The van der Waals surface area contributed by atoms with Gasteiger partial charge in [0.2, 0.25) is 17.8 Å². The first kappa shape index (κ1) is 22.6. The van der Waals surface area contributed by atoms with Crippen LogP contribution in [0.4, 0.5) is 11.5 Å². The molecule has 13 heteroatoms. The highest BCUT2D eigenvalue weighted by atomic mass is 32.2. The Balaban J connectivity index is 1.62. The predicted octanol–water partition coefficient (Wildman–Crippen LogP) is 1.40. The topological polar surface area (TPSA) is 170 Å². The number of aromatic nitrogens is 2. The monoisotopic (exact) mass is 474 g/mol. The van der Waals surface area contributed by atoms with Crippen LogP contribution in [-0.2, 0) is 10.0 Å². The van der Waals surface area contributed by atoms with E-state index in [1.807, 2.05) is 4.90 Å². The SMILES string of the molecule is COc1cc(NS(=O)(=O)c2ccc(N3C(N)=NC(N)=NC34CCCCC4)cc2)nc(OC)n1. The highest BCUT2D eigenvalue weighted by Gasteiger charge is 2.42. The number of guanidine groups is 2. The van der Waals surface area contributed by atoms with Gasteiger partial charge in [-0.1, -0.05) is 6.42 Å². The Hall–Kier alpha value is -3.61. The van der Waals surface area contributed by atoms with Gasteiger partial charge in [0, 0.05) is 11.8 Å². The molecule has 0 unspecified atom stereocenters. The van der Waals surface area contributed by atoms with Gasteiger partial charge in [0.05, 0.1) is 19.1 Å². The van der Waals surface area contributed by atoms with Crippen LogP contribution in [0.25, 0.3) is 0 Å². The van der Waals surface area contributed by atoms with Crippen molar-refractivity contribution in [1.82, 2.24) is 9.97 Å². The second-order valence-corrected chi connectivity index (χ2v) is 9.38. The van der Waals surface area contributed by atoms with Crippen LogP contribution in [0.5, 0.6) is 11.9 Å². The minimum atomic E-state index is -3.95. The minimum absolute atomic E-state index is 0.0150. The Morgan fingerprint density at radius 1 is 1.03 bits per heavy atom. The molecule has 0 saturated heterocycles. The number of rotatable bonds is 6. The van der Waals surface area contributed by atoms with Gasteiger partial charge in [0.25, 0.3) is 10.0 Å². The zero-order valence-electron chi connectivity index (χ0n) is 18.4. The van der Waals surface area contributed by atoms with Crippen LogP contribution < -0.4 is 30.6 Å². The molecule has 5 N–H and O–H groups in total. The van der Waals surface area contributed by atoms with E-state index in [4.69, 9.17) is 20.9 Å². The van der Waals surface area contributed by atoms with Crippen LogP contribution in [-0.4, -0.2) is 50.2 Å². The quantitative estimate of drug-likeness (QED) is 0.560. The van der Waals surface area contributed by atoms with Gasteiger partial charge in [0.1, 0.15) is 5.66 Å². The molecule has 4 rings (SSSR count). The minimum Gasteiger partial charge on any atom is -0.481 e. The van der Waals surface area contributed by atoms with Crippen LogP contribution in [0.1, 0.15) is 32.1 Å². The predicted molar refractivity (Wildman–Crippen MR) is 124 cm³/mol. The molecule has 0 bridgehead atoms. The summed E-state index contributed by atoms with van der Waals surface area (Å²) in [5.74, 6) is 0.566. The summed E-state index contributed by atoms with van der Waals surface area (Å²) in [7, 11) is -1.16. The summed E-state index contributed by atoms with van der Waals surface area (Å²) in [6.07, 6.45) is 4.65. The molecule has 1 saturated carbocycles. The Morgan fingerprint density at radius 2 is 1.73 bits per heavy atom. The Kier molecular flexibility index (Phi) is 5.97. The van der Waals surface area contributed by atoms with Gasteiger partial charge in [-0.2, -0.15) is 15.0 Å². The average molecular weight is 475 g/mol. The molecule has 0 atom stereocenters. The van der Waals surface area contributed by atoms with E-state index < -0.39 is 15.7 Å². The van der Waals surface area contributed by atoms with Crippen LogP contribution >= 0.6 is 0 Å². The molecule has 176 valence electrons. The molecular formula is C20H26N8O4S. The highest BCUT2D eigenvalue weighted by Crippen LogP contribution is 2.39. The molecule has 1 spiro atoms. The first-order valence-electron chi connectivity index (χ1n) is 10.4. The van der Waals surface area contributed by atoms with Crippen molar-refractivity contribution < 1.29 is 17.9 Å². The number of nitrogens with one attached hydrogen (secondary N) is 1. The summed E-state index contributed by atoms with van der Waals surface area (Å²) >= 11 is 0. The lowest BCUT2D eigenvalue weighted by molar-refractivity contribution is 0.305. The molecule has 0 radical (unpaired) electrons. The summed E-state index contributed by atoms with van der Waals surface area (Å²) in [6.45, 7) is 0. The zero-order valence-corrected chi connectivity index (χ0v) is 19.2. The van der Waals surface area contributed by atoms with Crippen molar-refractivity contribution in [3.63, 3.8) is 0 Å². The second kappa shape index (κ2) is 8.73. The van der Waals surface area contributed by atoms with Crippen LogP contribution in [0.3, 0.4) is 0 Å². The van der Waals surface area contributed by atoms with E-state index in [0.717, 1.165) is 32.1 Å². The van der Waals surface area contributed by atoms with Gasteiger partial charge in [-0.05, 0) is 49.9 Å². The van der Waals surface area contributed by atoms with Crippen molar-refractivity contribution in [3.05, 3.63) is 30.3 Å². The van der Waals surface area contributed by atoms with E-state index in [9.17, 15) is 8.42 Å². The Bertz CT molecular complexity index is 1170. The number of nitrogens with two attached hydrogens (primary N) is 2. The number of aliphatic imine (C=N–C) groups is 2. The summed E-state index contributed by atoms with van der Waals surface area (Å²) in [5.41, 5.74) is 12.2. The fourth-order valence-corrected chi connectivity index (χ4v) is 5.11. The molecule has 1 fully saturated rings. The van der Waals surface area contributed by atoms with Gasteiger partial charge < -0.3 is 20.9 Å². The van der Waals surface area contributed by atoms with Crippen molar-refractivity contribution in [2.24, 2.45) is 21.5 Å². The fraction of sp³-hybridized carbons (Fsp3) is 0.400. The zero-order chi connectivity index (χ0) is 23.6. The van der Waals surface area contributed by atoms with Crippen LogP contribution in [0.15, 0.2) is 45.2 Å². The molecule has 1 aliphatic carbocycles. The lowest BCUT2D eigenvalue weighted by atomic mass is 9.87. The number of nitrogens with zero attached hydrogens (tertiary/aromatic N) is 5. The highest BCUT2D eigenvalue weighted by molar-refractivity contribution is 7.92. The first-order chi connectivity index (χ1) is 15.8. The van der Waals surface area contributed by atoms with E-state index in [2.05, 4.69) is 24.7 Å². The van der Waals surface area contributed by atoms with Gasteiger partial charge in [-0.25, -0.2) is 13.4 Å². The molecule has 1 aromatic carbocycles. The van der Waals surface area contributed by atoms with Crippen LogP contribution in [0, 0.1) is 0 Å². The van der Waals surface area contributed by atoms with E-state index >= 15 is 0 Å². The van der Waals surface area contributed by atoms with Crippen molar-refractivity contribution in [3.8, 4) is 11.9 Å². The normalized spacial score (nSPS) is 17.8. The maximum Gasteiger partial charge on any atom is 0.321 e. The average Bonchev–Trinajstić information content (AvgIpc) is 2.78. The van der Waals surface area contributed by atoms with E-state index in [-0.39, 0.29) is 34.5 Å². The number of sulfonamides is 1. The van der Waals surface area contributed by atoms with Gasteiger partial charge >= 0.3 is 6.01 Å². The van der Waals surface area contributed by atoms with Crippen molar-refractivity contribution in [2.45, 2.75) is 42.7 Å². The number of hydrogen-bond donors (Lipinski definition) is 3. The molecule has 2 aromatic rings. The standard InChI is InChI=1S/C20H26N8O4S/c1-31-16-12-15(23-19(24-16)32-2)27-33(29,30)14-8-6-13(7-9-14)28-18(22)25-17(21)26-20(28)10-4-3-5-11-20/h6-9,12H,3-5,10-11H2,1-2H3,(H,23,24,27)(H4,21,22,25,26). The lowest BCUT2D eigenvalue weighted by Gasteiger charge is -2.45. The van der Waals surface area contributed by atoms with E-state index in [1.165, 1.54) is 32.4 Å². The van der Waals surface area contributed by atoms with E-state index in [0.29, 0.717) is 5.69 Å². The molecular weight excluding hydrogens is 448 g/mol. The molecule has 1 aromatic heterocycles. The number of ether oxygens (including phenoxy) is 2. The third kappa shape index (κ3) is 4.49. The second-order valence-electron chi connectivity index (χ2n) is 7.70. The maximum atomic E-state index is 12.9. The summed E-state index contributed by atoms with van der Waals surface area (Å²) < 4.78 is 38.3. The van der Waals surface area contributed by atoms with Crippen molar-refractivity contribution >= 4 is 33.4 Å². The molecule has 2 aliphatic rings. The first-order valence-corrected chi connectivity index (χ1v) is 11.8. The van der Waals surface area contributed by atoms with Gasteiger partial charge in [-0.15, -0.1) is 0 Å². The Morgan fingerprint density at radius 3 is 2.36 bits per heavy atom. The maximum absolute atomic E-state index is 12.9. The third-order valence-corrected chi connectivity index (χ3v) is 6.94. The summed E-state index contributed by atoms with van der Waals surface area (Å²) in [6, 6.07) is 7.64. The van der Waals surface area contributed by atoms with Crippen LogP contribution in [0.2, 0.25) is 0 Å². The molecule has 33 heavy (non-hydrogen) atoms. The molecule has 1 aliphatic heterocycles. The van der Waals surface area contributed by atoms with Gasteiger partial charge in [0.15, 0.2) is 5.82 Å². The van der Waals surface area contributed by atoms with Gasteiger partial charge in [-0.3, -0.25) is 9.62 Å². The number of hydrogen-bond acceptors (Lipinski definition) is 11. The number of methoxy groups -OCH3 is 2. The van der Waals surface area contributed by atoms with E-state index in [1.54, 1.807) is 12.1 Å². The van der Waals surface area contributed by atoms with Crippen molar-refractivity contribution in [1.29, 1.82) is 0 Å². The molecule has 12 nitrogen and oxygen atoms in total. The smallest absolute Gasteiger partial charge is 0.321 e. The molecule has 2 heterocycles. The number of benzene rings is 1. The fourth-order valence-electron chi connectivity index (χ4n) is 4.12. The lowest BCUT2D eigenvalue weighted by Crippen LogP contribution is -2.58. The molecule has 0 amide bonds. The summed E-state index contributed by atoms with van der Waals surface area (Å²) in [5, 5.41) is 0. The largest absolute Gasteiger partial charge is 0.481 e. The van der Waals surface area contributed by atoms with Crippen molar-refractivity contribution in [2.75, 3.05) is 23.8 Å². The third-order valence-electron chi connectivity index (χ3n) is 5.57. The summed E-state index contributed by atoms with van der Waals surface area (Å²) in [4.78, 5) is 18.6.